The Labute approximate surface area is 176 Å². The Morgan fingerprint density at radius 2 is 1.80 bits per heavy atom. The molecule has 4 rings (SSSR count). The molecule has 0 atom stereocenters. The first kappa shape index (κ1) is 20.6. The molecule has 158 valence electrons. The number of methoxy groups -OCH3 is 1. The fourth-order valence-corrected chi connectivity index (χ4v) is 3.95. The molecule has 0 N–H and O–H groups in total. The van der Waals surface area contributed by atoms with Gasteiger partial charge in [-0.05, 0) is 23.8 Å². The maximum Gasteiger partial charge on any atom is 0.258 e. The lowest BCUT2D eigenvalue weighted by Gasteiger charge is -2.26. The number of fused-ring (bicyclic) bond motifs is 1. The standard InChI is InChI=1S/C24H28N2O4/c1-25-22(17-30-15-12-26-10-13-29-14-11-26)23(18-6-4-3-5-7-18)21-16-19(28-2)8-9-20(21)24(25)27/h3-9,16H,10-15,17H2,1-2H3. The van der Waals surface area contributed by atoms with Crippen LogP contribution in [-0.4, -0.2) is 56.0 Å². The highest BCUT2D eigenvalue weighted by Gasteiger charge is 2.17. The molecule has 0 radical (unpaired) electrons. The molecule has 0 aliphatic carbocycles. The van der Waals surface area contributed by atoms with Crippen LogP contribution in [0.4, 0.5) is 0 Å². The van der Waals surface area contributed by atoms with Crippen molar-refractivity contribution in [2.75, 3.05) is 46.6 Å². The molecule has 1 aromatic heterocycles. The second-order valence-corrected chi connectivity index (χ2v) is 7.47. The lowest BCUT2D eigenvalue weighted by atomic mass is 9.96. The van der Waals surface area contributed by atoms with Crippen molar-refractivity contribution in [3.63, 3.8) is 0 Å². The Hall–Kier alpha value is -2.67. The lowest BCUT2D eigenvalue weighted by Crippen LogP contribution is -2.38. The highest BCUT2D eigenvalue weighted by atomic mass is 16.5. The van der Waals surface area contributed by atoms with E-state index >= 15 is 0 Å². The third-order valence-corrected chi connectivity index (χ3v) is 5.68. The van der Waals surface area contributed by atoms with E-state index in [0.717, 1.165) is 60.8 Å². The van der Waals surface area contributed by atoms with Crippen LogP contribution in [0.3, 0.4) is 0 Å². The molecule has 6 heteroatoms. The van der Waals surface area contributed by atoms with E-state index < -0.39 is 0 Å². The summed E-state index contributed by atoms with van der Waals surface area (Å²) in [7, 11) is 3.46. The monoisotopic (exact) mass is 408 g/mol. The normalized spacial score (nSPS) is 14.9. The Morgan fingerprint density at radius 1 is 1.03 bits per heavy atom. The lowest BCUT2D eigenvalue weighted by molar-refractivity contribution is 0.0174. The number of rotatable bonds is 7. The van der Waals surface area contributed by atoms with Gasteiger partial charge in [0.05, 0.1) is 39.2 Å². The molecule has 1 fully saturated rings. The minimum Gasteiger partial charge on any atom is -0.497 e. The van der Waals surface area contributed by atoms with Crippen molar-refractivity contribution in [1.29, 1.82) is 0 Å². The van der Waals surface area contributed by atoms with Gasteiger partial charge in [-0.15, -0.1) is 0 Å². The maximum atomic E-state index is 13.1. The van der Waals surface area contributed by atoms with E-state index in [1.807, 2.05) is 43.4 Å². The van der Waals surface area contributed by atoms with Gasteiger partial charge < -0.3 is 18.8 Å². The number of hydrogen-bond acceptors (Lipinski definition) is 5. The van der Waals surface area contributed by atoms with E-state index in [1.165, 1.54) is 0 Å². The van der Waals surface area contributed by atoms with Crippen LogP contribution in [0.2, 0.25) is 0 Å². The first-order valence-electron chi connectivity index (χ1n) is 10.3. The quantitative estimate of drug-likeness (QED) is 0.563. The Bertz CT molecular complexity index is 1060. The van der Waals surface area contributed by atoms with Gasteiger partial charge >= 0.3 is 0 Å². The van der Waals surface area contributed by atoms with Gasteiger partial charge in [0.15, 0.2) is 0 Å². The molecule has 0 saturated carbocycles. The van der Waals surface area contributed by atoms with Crippen LogP contribution in [0.25, 0.3) is 21.9 Å². The summed E-state index contributed by atoms with van der Waals surface area (Å²) in [4.78, 5) is 15.4. The van der Waals surface area contributed by atoms with Crippen molar-refractivity contribution >= 4 is 10.8 Å². The molecular weight excluding hydrogens is 380 g/mol. The smallest absolute Gasteiger partial charge is 0.258 e. The van der Waals surface area contributed by atoms with Crippen molar-refractivity contribution in [3.8, 4) is 16.9 Å². The van der Waals surface area contributed by atoms with Crippen molar-refractivity contribution in [2.24, 2.45) is 7.05 Å². The van der Waals surface area contributed by atoms with Crippen molar-refractivity contribution < 1.29 is 14.2 Å². The number of pyridine rings is 1. The average molecular weight is 408 g/mol. The molecule has 0 amide bonds. The fraction of sp³-hybridized carbons (Fsp3) is 0.375. The number of nitrogens with zero attached hydrogens (tertiary/aromatic N) is 2. The summed E-state index contributed by atoms with van der Waals surface area (Å²) in [6.07, 6.45) is 0. The molecule has 3 aromatic rings. The molecular formula is C24H28N2O4. The molecule has 2 aromatic carbocycles. The fourth-order valence-electron chi connectivity index (χ4n) is 3.95. The molecule has 2 heterocycles. The predicted molar refractivity (Wildman–Crippen MR) is 118 cm³/mol. The summed E-state index contributed by atoms with van der Waals surface area (Å²) < 4.78 is 18.6. The highest BCUT2D eigenvalue weighted by molar-refractivity contribution is 5.98. The summed E-state index contributed by atoms with van der Waals surface area (Å²) >= 11 is 0. The number of morpholine rings is 1. The van der Waals surface area contributed by atoms with Crippen molar-refractivity contribution in [2.45, 2.75) is 6.61 Å². The van der Waals surface area contributed by atoms with E-state index in [2.05, 4.69) is 17.0 Å². The van der Waals surface area contributed by atoms with Gasteiger partial charge in [0.25, 0.3) is 5.56 Å². The van der Waals surface area contributed by atoms with E-state index in [0.29, 0.717) is 18.6 Å². The molecule has 0 bridgehead atoms. The minimum absolute atomic E-state index is 0.0286. The topological polar surface area (TPSA) is 52.9 Å². The largest absolute Gasteiger partial charge is 0.497 e. The predicted octanol–water partition coefficient (Wildman–Crippen LogP) is 3.06. The zero-order valence-electron chi connectivity index (χ0n) is 17.6. The van der Waals surface area contributed by atoms with Gasteiger partial charge in [-0.3, -0.25) is 9.69 Å². The van der Waals surface area contributed by atoms with Gasteiger partial charge in [-0.25, -0.2) is 0 Å². The van der Waals surface area contributed by atoms with Crippen LogP contribution in [0, 0.1) is 0 Å². The van der Waals surface area contributed by atoms with E-state index in [4.69, 9.17) is 14.2 Å². The molecule has 0 unspecified atom stereocenters. The third-order valence-electron chi connectivity index (χ3n) is 5.68. The van der Waals surface area contributed by atoms with Crippen LogP contribution in [0.1, 0.15) is 5.69 Å². The Balaban J connectivity index is 1.70. The summed E-state index contributed by atoms with van der Waals surface area (Å²) in [6.45, 7) is 5.27. The molecule has 1 saturated heterocycles. The van der Waals surface area contributed by atoms with Gasteiger partial charge in [0, 0.05) is 43.0 Å². The third kappa shape index (κ3) is 4.26. The Kier molecular flexibility index (Phi) is 6.47. The van der Waals surface area contributed by atoms with Gasteiger partial charge in [0.1, 0.15) is 5.75 Å². The van der Waals surface area contributed by atoms with Crippen molar-refractivity contribution in [3.05, 3.63) is 64.6 Å². The van der Waals surface area contributed by atoms with Crippen LogP contribution in [0.15, 0.2) is 53.3 Å². The number of aromatic nitrogens is 1. The summed E-state index contributed by atoms with van der Waals surface area (Å²) in [5, 5.41) is 1.56. The Morgan fingerprint density at radius 3 is 2.53 bits per heavy atom. The molecule has 1 aliphatic rings. The summed E-state index contributed by atoms with van der Waals surface area (Å²) in [6, 6.07) is 15.8. The van der Waals surface area contributed by atoms with Gasteiger partial charge in [0.2, 0.25) is 0 Å². The van der Waals surface area contributed by atoms with Crippen LogP contribution < -0.4 is 10.3 Å². The average Bonchev–Trinajstić information content (AvgIpc) is 2.80. The van der Waals surface area contributed by atoms with Gasteiger partial charge in [-0.1, -0.05) is 30.3 Å². The second-order valence-electron chi connectivity index (χ2n) is 7.47. The summed E-state index contributed by atoms with van der Waals surface area (Å²) in [5.41, 5.74) is 2.91. The van der Waals surface area contributed by atoms with Crippen LogP contribution >= 0.6 is 0 Å². The first-order chi connectivity index (χ1) is 14.7. The molecule has 30 heavy (non-hydrogen) atoms. The van der Waals surface area contributed by atoms with Crippen LogP contribution in [0.5, 0.6) is 5.75 Å². The first-order valence-corrected chi connectivity index (χ1v) is 10.3. The van der Waals surface area contributed by atoms with Crippen LogP contribution in [-0.2, 0) is 23.1 Å². The highest BCUT2D eigenvalue weighted by Crippen LogP contribution is 2.33. The second kappa shape index (κ2) is 9.43. The zero-order valence-corrected chi connectivity index (χ0v) is 17.6. The van der Waals surface area contributed by atoms with E-state index in [9.17, 15) is 4.79 Å². The van der Waals surface area contributed by atoms with Gasteiger partial charge in [-0.2, -0.15) is 0 Å². The van der Waals surface area contributed by atoms with E-state index in [1.54, 1.807) is 11.7 Å². The van der Waals surface area contributed by atoms with E-state index in [-0.39, 0.29) is 5.56 Å². The molecule has 0 spiro atoms. The zero-order chi connectivity index (χ0) is 20.9. The van der Waals surface area contributed by atoms with Crippen molar-refractivity contribution in [1.82, 2.24) is 9.47 Å². The molecule has 1 aliphatic heterocycles. The number of ether oxygens (including phenoxy) is 3. The number of hydrogen-bond donors (Lipinski definition) is 0. The number of benzene rings is 2. The maximum absolute atomic E-state index is 13.1. The molecule has 6 nitrogen and oxygen atoms in total. The summed E-state index contributed by atoms with van der Waals surface area (Å²) in [5.74, 6) is 0.729. The minimum atomic E-state index is -0.0286. The SMILES string of the molecule is COc1ccc2c(=O)n(C)c(COCCN3CCOCC3)c(-c3ccccc3)c2c1.